The van der Waals surface area contributed by atoms with Gasteiger partial charge in [-0.15, -0.1) is 0 Å². The number of ether oxygens (including phenoxy) is 1. The molecule has 0 spiro atoms. The number of alkyl halides is 3. The van der Waals surface area contributed by atoms with Gasteiger partial charge in [0.25, 0.3) is 11.8 Å². The lowest BCUT2D eigenvalue weighted by Crippen LogP contribution is -2.40. The number of carboxylic acids is 1. The van der Waals surface area contributed by atoms with Crippen molar-refractivity contribution in [2.75, 3.05) is 6.54 Å². The van der Waals surface area contributed by atoms with E-state index in [1.165, 1.54) is 18.2 Å². The van der Waals surface area contributed by atoms with Gasteiger partial charge in [-0.1, -0.05) is 25.7 Å². The molecule has 1 aliphatic rings. The Morgan fingerprint density at radius 2 is 1.97 bits per heavy atom. The predicted molar refractivity (Wildman–Crippen MR) is 102 cm³/mol. The molecule has 1 heterocycles. The third-order valence-electron chi connectivity index (χ3n) is 4.21. The topological polar surface area (TPSA) is 119 Å². The van der Waals surface area contributed by atoms with E-state index in [4.69, 9.17) is 9.84 Å². The van der Waals surface area contributed by atoms with Crippen molar-refractivity contribution in [3.05, 3.63) is 45.1 Å². The smallest absolute Gasteiger partial charge is 0.436 e. The standard InChI is InChI=1S/C20H19F3N2O6/c1-19(2,11-17(27)28)10-16(26)24-7-3-4-12-5-6-15-13(8-12)9-14(25(29)30)18(31-15)20(21,22)23/h5-6,8-9,18H,7,10-11H2,1-2H3,(H,24,26)(H,27,28). The third kappa shape index (κ3) is 6.74. The Bertz CT molecular complexity index is 989. The number of halogens is 3. The van der Waals surface area contributed by atoms with Crippen molar-refractivity contribution in [1.82, 2.24) is 5.32 Å². The molecule has 8 nitrogen and oxygen atoms in total. The van der Waals surface area contributed by atoms with Gasteiger partial charge in [-0.05, 0) is 23.6 Å². The number of nitrogens with one attached hydrogen (secondary N) is 1. The lowest BCUT2D eigenvalue weighted by molar-refractivity contribution is -0.443. The fourth-order valence-corrected chi connectivity index (χ4v) is 2.91. The highest BCUT2D eigenvalue weighted by molar-refractivity contribution is 5.78. The van der Waals surface area contributed by atoms with Crippen molar-refractivity contribution in [3.8, 4) is 17.6 Å². The number of hydrogen-bond acceptors (Lipinski definition) is 5. The molecular weight excluding hydrogens is 421 g/mol. The SMILES string of the molecule is CC(C)(CC(=O)O)CC(=O)NCC#Cc1ccc2c(c1)C=C([N+](=O)[O-])C(C(F)(F)F)O2. The van der Waals surface area contributed by atoms with E-state index in [0.29, 0.717) is 5.56 Å². The second-order valence-electron chi connectivity index (χ2n) is 7.61. The molecule has 0 aromatic heterocycles. The van der Waals surface area contributed by atoms with Crippen molar-refractivity contribution in [1.29, 1.82) is 0 Å². The van der Waals surface area contributed by atoms with Gasteiger partial charge >= 0.3 is 12.1 Å². The summed E-state index contributed by atoms with van der Waals surface area (Å²) >= 11 is 0. The first-order valence-electron chi connectivity index (χ1n) is 8.99. The van der Waals surface area contributed by atoms with E-state index in [1.54, 1.807) is 13.8 Å². The van der Waals surface area contributed by atoms with Crippen LogP contribution in [-0.4, -0.2) is 40.7 Å². The first-order chi connectivity index (χ1) is 14.3. The number of carboxylic acid groups (broad SMARTS) is 1. The van der Waals surface area contributed by atoms with Crippen molar-refractivity contribution >= 4 is 18.0 Å². The number of rotatable bonds is 6. The van der Waals surface area contributed by atoms with Crippen LogP contribution in [0.3, 0.4) is 0 Å². The predicted octanol–water partition coefficient (Wildman–Crippen LogP) is 2.99. The molecule has 0 radical (unpaired) electrons. The Hall–Kier alpha value is -3.55. The average molecular weight is 440 g/mol. The van der Waals surface area contributed by atoms with Crippen LogP contribution in [0.1, 0.15) is 37.8 Å². The second-order valence-corrected chi connectivity index (χ2v) is 7.61. The highest BCUT2D eigenvalue weighted by Gasteiger charge is 2.51. The van der Waals surface area contributed by atoms with Crippen LogP contribution in [0, 0.1) is 27.4 Å². The summed E-state index contributed by atoms with van der Waals surface area (Å²) in [4.78, 5) is 32.5. The second kappa shape index (κ2) is 9.07. The van der Waals surface area contributed by atoms with Gasteiger partial charge in [0.2, 0.25) is 5.91 Å². The summed E-state index contributed by atoms with van der Waals surface area (Å²) in [6.45, 7) is 3.26. The van der Waals surface area contributed by atoms with Gasteiger partial charge in [0.05, 0.1) is 17.9 Å². The van der Waals surface area contributed by atoms with Crippen molar-refractivity contribution < 1.29 is 37.5 Å². The Labute approximate surface area is 175 Å². The molecule has 0 saturated carbocycles. The molecule has 1 amide bonds. The normalized spacial score (nSPS) is 15.5. The maximum Gasteiger partial charge on any atom is 0.436 e. The average Bonchev–Trinajstić information content (AvgIpc) is 2.61. The van der Waals surface area contributed by atoms with Gasteiger partial charge in [0.1, 0.15) is 5.75 Å². The fraction of sp³-hybridized carbons (Fsp3) is 0.400. The Balaban J connectivity index is 2.06. The maximum atomic E-state index is 13.0. The lowest BCUT2D eigenvalue weighted by atomic mass is 9.85. The van der Waals surface area contributed by atoms with Crippen LogP contribution < -0.4 is 10.1 Å². The lowest BCUT2D eigenvalue weighted by Gasteiger charge is -2.24. The molecule has 166 valence electrons. The molecule has 31 heavy (non-hydrogen) atoms. The van der Waals surface area contributed by atoms with Gasteiger partial charge in [0.15, 0.2) is 0 Å². The number of hydrogen-bond donors (Lipinski definition) is 2. The minimum Gasteiger partial charge on any atom is -0.481 e. The van der Waals surface area contributed by atoms with Gasteiger partial charge < -0.3 is 15.2 Å². The van der Waals surface area contributed by atoms with E-state index in [1.807, 2.05) is 0 Å². The summed E-state index contributed by atoms with van der Waals surface area (Å²) in [6.07, 6.45) is -6.97. The molecule has 0 fully saturated rings. The number of carbonyl (C=O) groups excluding carboxylic acids is 1. The van der Waals surface area contributed by atoms with E-state index in [0.717, 1.165) is 6.08 Å². The number of fused-ring (bicyclic) bond motifs is 1. The number of nitro groups is 1. The molecule has 1 aliphatic heterocycles. The van der Waals surface area contributed by atoms with Gasteiger partial charge in [0, 0.05) is 23.6 Å². The zero-order valence-corrected chi connectivity index (χ0v) is 16.6. The quantitative estimate of drug-likeness (QED) is 0.399. The van der Waals surface area contributed by atoms with E-state index < -0.39 is 34.3 Å². The molecule has 2 N–H and O–H groups in total. The van der Waals surface area contributed by atoms with Crippen molar-refractivity contribution in [2.45, 2.75) is 39.0 Å². The monoisotopic (exact) mass is 440 g/mol. The molecule has 2 rings (SSSR count). The number of amides is 1. The van der Waals surface area contributed by atoms with E-state index >= 15 is 0 Å². The van der Waals surface area contributed by atoms with Crippen LogP contribution >= 0.6 is 0 Å². The van der Waals surface area contributed by atoms with E-state index in [2.05, 4.69) is 17.2 Å². The first kappa shape index (κ1) is 23.7. The van der Waals surface area contributed by atoms with Gasteiger partial charge in [-0.3, -0.25) is 19.7 Å². The number of nitrogens with zero attached hydrogens (tertiary/aromatic N) is 1. The van der Waals surface area contributed by atoms with Crippen LogP contribution in [-0.2, 0) is 9.59 Å². The summed E-state index contributed by atoms with van der Waals surface area (Å²) < 4.78 is 43.8. The van der Waals surface area contributed by atoms with Crippen molar-refractivity contribution in [3.63, 3.8) is 0 Å². The van der Waals surface area contributed by atoms with Crippen LogP contribution in [0.2, 0.25) is 0 Å². The first-order valence-corrected chi connectivity index (χ1v) is 8.99. The molecule has 1 aromatic carbocycles. The van der Waals surface area contributed by atoms with Crippen LogP contribution in [0.25, 0.3) is 6.08 Å². The molecule has 1 atom stereocenters. The van der Waals surface area contributed by atoms with Crippen LogP contribution in [0.5, 0.6) is 5.75 Å². The molecule has 0 bridgehead atoms. The summed E-state index contributed by atoms with van der Waals surface area (Å²) in [5.41, 5.74) is -1.41. The summed E-state index contributed by atoms with van der Waals surface area (Å²) in [6, 6.07) is 3.97. The maximum absolute atomic E-state index is 13.0. The van der Waals surface area contributed by atoms with Crippen molar-refractivity contribution in [2.24, 2.45) is 5.41 Å². The molecule has 0 saturated heterocycles. The Morgan fingerprint density at radius 1 is 1.29 bits per heavy atom. The molecule has 1 unspecified atom stereocenters. The number of aliphatic carboxylic acids is 1. The Morgan fingerprint density at radius 3 is 2.55 bits per heavy atom. The zero-order valence-electron chi connectivity index (χ0n) is 16.6. The summed E-state index contributed by atoms with van der Waals surface area (Å²) in [7, 11) is 0. The van der Waals surface area contributed by atoms with E-state index in [-0.39, 0.29) is 36.6 Å². The van der Waals surface area contributed by atoms with Gasteiger partial charge in [-0.25, -0.2) is 0 Å². The summed E-state index contributed by atoms with van der Waals surface area (Å²) in [5, 5.41) is 22.4. The van der Waals surface area contributed by atoms with Crippen LogP contribution in [0.4, 0.5) is 13.2 Å². The number of benzene rings is 1. The number of carbonyl (C=O) groups is 2. The molecule has 11 heteroatoms. The highest BCUT2D eigenvalue weighted by Crippen LogP contribution is 2.37. The van der Waals surface area contributed by atoms with E-state index in [9.17, 15) is 32.9 Å². The minimum absolute atomic E-state index is 0.00794. The third-order valence-corrected chi connectivity index (χ3v) is 4.21. The molecule has 0 aliphatic carbocycles. The molecular formula is C20H19F3N2O6. The van der Waals surface area contributed by atoms with Crippen LogP contribution in [0.15, 0.2) is 23.9 Å². The van der Waals surface area contributed by atoms with Gasteiger partial charge in [-0.2, -0.15) is 13.2 Å². The highest BCUT2D eigenvalue weighted by atomic mass is 19.4. The Kier molecular flexibility index (Phi) is 6.95. The fourth-order valence-electron chi connectivity index (χ4n) is 2.91. The molecule has 1 aromatic rings. The largest absolute Gasteiger partial charge is 0.481 e. The summed E-state index contributed by atoms with van der Waals surface area (Å²) in [5.74, 6) is 3.81. The minimum atomic E-state index is -4.94. The zero-order chi connectivity index (χ0) is 23.4.